The third-order valence-corrected chi connectivity index (χ3v) is 3.22. The molecule has 0 saturated carbocycles. The number of nitrogens with one attached hydrogen (secondary N) is 1. The van der Waals surface area contributed by atoms with E-state index in [1.165, 1.54) is 14.2 Å². The first-order valence-corrected chi connectivity index (χ1v) is 11.7. The number of amides is 2. The number of likely N-dealkylation sites (tertiary alicyclic amines) is 1. The molecule has 0 spiro atoms. The number of hydrogen-bond acceptors (Lipinski definition) is 6. The third kappa shape index (κ3) is 32.8. The van der Waals surface area contributed by atoms with Crippen LogP contribution in [0.5, 0.6) is 0 Å². The maximum atomic E-state index is 11.6. The van der Waals surface area contributed by atoms with Gasteiger partial charge in [0, 0.05) is 33.2 Å². The molecule has 8 nitrogen and oxygen atoms in total. The van der Waals surface area contributed by atoms with Crippen molar-refractivity contribution in [2.45, 2.75) is 101 Å². The molecule has 0 atom stereocenters. The Labute approximate surface area is 198 Å². The number of aliphatic hydroxyl groups is 1. The molecule has 196 valence electrons. The van der Waals surface area contributed by atoms with Gasteiger partial charge >= 0.3 is 6.09 Å². The van der Waals surface area contributed by atoms with E-state index in [4.69, 9.17) is 14.6 Å². The Balaban J connectivity index is -0.000000112. The molecule has 0 aromatic rings. The molecule has 1 aliphatic heterocycles. The van der Waals surface area contributed by atoms with Crippen LogP contribution in [0.1, 0.15) is 95.4 Å². The van der Waals surface area contributed by atoms with Crippen molar-refractivity contribution in [1.29, 1.82) is 0 Å². The third-order valence-electron chi connectivity index (χ3n) is 3.22. The number of carbonyl (C=O) groups excluding carboxylic acids is 3. The van der Waals surface area contributed by atoms with E-state index in [1.807, 2.05) is 81.1 Å². The number of aliphatic hydroxyl groups excluding tert-OH is 1. The molecule has 1 aliphatic rings. The summed E-state index contributed by atoms with van der Waals surface area (Å²) in [5.74, 6) is 0.191. The van der Waals surface area contributed by atoms with Crippen molar-refractivity contribution in [3.05, 3.63) is 0 Å². The van der Waals surface area contributed by atoms with Gasteiger partial charge in [-0.25, -0.2) is 4.79 Å². The molecule has 2 amide bonds. The summed E-state index contributed by atoms with van der Waals surface area (Å²) in [4.78, 5) is 33.0. The Bertz CT molecular complexity index is 415. The lowest BCUT2D eigenvalue weighted by Crippen LogP contribution is -2.33. The summed E-state index contributed by atoms with van der Waals surface area (Å²) >= 11 is 0. The molecule has 2 N–H and O–H groups in total. The number of nitrogens with zero attached hydrogens (tertiary/aromatic N) is 1. The summed E-state index contributed by atoms with van der Waals surface area (Å²) in [5, 5.41) is 11.4. The quantitative estimate of drug-likeness (QED) is 0.563. The number of hydrogen-bond donors (Lipinski definition) is 2. The minimum absolute atomic E-state index is 0.0760. The molecule has 1 heterocycles. The highest BCUT2D eigenvalue weighted by Gasteiger charge is 2.25. The van der Waals surface area contributed by atoms with Crippen molar-refractivity contribution >= 4 is 18.5 Å². The maximum absolute atomic E-state index is 11.6. The van der Waals surface area contributed by atoms with Crippen LogP contribution in [0.25, 0.3) is 0 Å². The molecular formula is C24H54N2O6. The van der Waals surface area contributed by atoms with Gasteiger partial charge in [0.1, 0.15) is 5.60 Å². The summed E-state index contributed by atoms with van der Waals surface area (Å²) in [6.07, 6.45) is 2.34. The van der Waals surface area contributed by atoms with E-state index in [9.17, 15) is 9.59 Å². The minimum Gasteiger partial charge on any atom is -0.471 e. The zero-order chi connectivity index (χ0) is 26.8. The molecule has 0 unspecified atom stereocenters. The molecule has 0 aromatic carbocycles. The average molecular weight is 467 g/mol. The lowest BCUT2D eigenvalue weighted by atomic mass is 9.90. The fourth-order valence-electron chi connectivity index (χ4n) is 1.87. The van der Waals surface area contributed by atoms with Crippen LogP contribution in [0, 0.1) is 5.41 Å². The molecule has 0 aromatic heterocycles. The molecule has 32 heavy (non-hydrogen) atoms. The van der Waals surface area contributed by atoms with Gasteiger partial charge < -0.3 is 24.8 Å². The van der Waals surface area contributed by atoms with Crippen molar-refractivity contribution in [3.8, 4) is 0 Å². The Hall–Kier alpha value is -1.83. The molecule has 1 fully saturated rings. The highest BCUT2D eigenvalue weighted by Crippen LogP contribution is 2.21. The van der Waals surface area contributed by atoms with Crippen molar-refractivity contribution in [3.63, 3.8) is 0 Å². The summed E-state index contributed by atoms with van der Waals surface area (Å²) in [6.45, 7) is 23.6. The predicted molar refractivity (Wildman–Crippen MR) is 134 cm³/mol. The largest absolute Gasteiger partial charge is 0.471 e. The van der Waals surface area contributed by atoms with E-state index in [0.717, 1.165) is 25.9 Å². The van der Waals surface area contributed by atoms with Gasteiger partial charge in [-0.3, -0.25) is 9.59 Å². The van der Waals surface area contributed by atoms with Gasteiger partial charge in [0.25, 0.3) is 6.47 Å². The van der Waals surface area contributed by atoms with Crippen molar-refractivity contribution < 1.29 is 29.0 Å². The van der Waals surface area contributed by atoms with Gasteiger partial charge in [-0.05, 0) is 39.0 Å². The van der Waals surface area contributed by atoms with Gasteiger partial charge in [-0.2, -0.15) is 0 Å². The highest BCUT2D eigenvalue weighted by molar-refractivity contribution is 5.77. The topological polar surface area (TPSA) is 105 Å². The van der Waals surface area contributed by atoms with Gasteiger partial charge in [0.05, 0.1) is 7.11 Å². The number of rotatable bonds is 4. The first-order chi connectivity index (χ1) is 14.9. The van der Waals surface area contributed by atoms with E-state index >= 15 is 0 Å². The van der Waals surface area contributed by atoms with Crippen molar-refractivity contribution in [2.24, 2.45) is 5.41 Å². The molecule has 0 bridgehead atoms. The Morgan fingerprint density at radius 3 is 1.56 bits per heavy atom. The molecule has 8 heteroatoms. The van der Waals surface area contributed by atoms with Crippen LogP contribution < -0.4 is 5.32 Å². The Morgan fingerprint density at radius 2 is 1.34 bits per heavy atom. The van der Waals surface area contributed by atoms with Crippen LogP contribution >= 0.6 is 0 Å². The zero-order valence-electron chi connectivity index (χ0n) is 23.3. The molecular weight excluding hydrogens is 412 g/mol. The van der Waals surface area contributed by atoms with Crippen LogP contribution in [0.3, 0.4) is 0 Å². The van der Waals surface area contributed by atoms with Crippen molar-refractivity contribution in [2.75, 3.05) is 33.9 Å². The number of ether oxygens (including phenoxy) is 2. The number of carbonyl (C=O) groups is 3. The highest BCUT2D eigenvalue weighted by atomic mass is 16.6. The van der Waals surface area contributed by atoms with Crippen LogP contribution in [0.15, 0.2) is 0 Å². The summed E-state index contributed by atoms with van der Waals surface area (Å²) < 4.78 is 8.70. The van der Waals surface area contributed by atoms with Gasteiger partial charge in [-0.15, -0.1) is 0 Å². The van der Waals surface area contributed by atoms with E-state index in [2.05, 4.69) is 10.1 Å². The van der Waals surface area contributed by atoms with E-state index in [0.29, 0.717) is 12.9 Å². The smallest absolute Gasteiger partial charge is 0.407 e. The summed E-state index contributed by atoms with van der Waals surface area (Å²) in [7, 11) is 2.85. The predicted octanol–water partition coefficient (Wildman–Crippen LogP) is 5.03. The van der Waals surface area contributed by atoms with Gasteiger partial charge in [-0.1, -0.05) is 55.4 Å². The lowest BCUT2D eigenvalue weighted by molar-refractivity contribution is -0.132. The monoisotopic (exact) mass is 466 g/mol. The van der Waals surface area contributed by atoms with Gasteiger partial charge in [0.15, 0.2) is 0 Å². The minimum atomic E-state index is -0.389. The second kappa shape index (κ2) is 27.2. The Kier molecular flexibility index (Phi) is 34.4. The van der Waals surface area contributed by atoms with Gasteiger partial charge in [0.2, 0.25) is 5.91 Å². The van der Waals surface area contributed by atoms with E-state index in [-0.39, 0.29) is 29.6 Å². The van der Waals surface area contributed by atoms with E-state index < -0.39 is 0 Å². The normalized spacial score (nSPS) is 11.5. The number of methoxy groups -OCH3 is 1. The summed E-state index contributed by atoms with van der Waals surface area (Å²) in [6, 6.07) is 0. The average Bonchev–Trinajstić information content (AvgIpc) is 3.32. The summed E-state index contributed by atoms with van der Waals surface area (Å²) in [5.41, 5.74) is -0.653. The second-order valence-corrected chi connectivity index (χ2v) is 7.67. The second-order valence-electron chi connectivity index (χ2n) is 7.67. The molecule has 0 radical (unpaired) electrons. The Morgan fingerprint density at radius 1 is 0.969 bits per heavy atom. The van der Waals surface area contributed by atoms with Crippen LogP contribution in [-0.2, 0) is 19.1 Å². The zero-order valence-corrected chi connectivity index (χ0v) is 23.3. The molecule has 0 aliphatic carbocycles. The van der Waals surface area contributed by atoms with E-state index in [1.54, 1.807) is 0 Å². The fraction of sp³-hybridized carbons (Fsp3) is 0.875. The first-order valence-electron chi connectivity index (χ1n) is 11.7. The lowest BCUT2D eigenvalue weighted by Gasteiger charge is -2.24. The van der Waals surface area contributed by atoms with Crippen LogP contribution in [0.2, 0.25) is 0 Å². The molecule has 1 saturated heterocycles. The van der Waals surface area contributed by atoms with Crippen molar-refractivity contribution in [1.82, 2.24) is 10.2 Å². The van der Waals surface area contributed by atoms with Crippen LogP contribution in [0.4, 0.5) is 4.79 Å². The standard InChI is InChI=1S/C10H19NO2.C6H13NO2.C2H4O2.3C2H6/c1-10(2,8-12)7-9(13)11-5-3-4-6-11;1-6(2,3)9-5(8)7-4;1-4-2-3;3*1-2/h12H,3-8H2,1-2H3;1-4H3,(H,7,8);2H,1H3;3*1-2H3. The number of alkyl carbamates (subject to hydrolysis) is 1. The first kappa shape index (κ1) is 40.5. The fourth-order valence-corrected chi connectivity index (χ4v) is 1.87. The maximum Gasteiger partial charge on any atom is 0.407 e. The molecule has 1 rings (SSSR count). The van der Waals surface area contributed by atoms with Crippen LogP contribution in [-0.4, -0.2) is 67.9 Å². The SMILES string of the molecule is CC.CC.CC.CC(C)(CO)CC(=O)N1CCCC1.CNC(=O)OC(C)(C)C.COC=O.